The predicted octanol–water partition coefficient (Wildman–Crippen LogP) is 5.27. The molecule has 2 heterocycles. The van der Waals surface area contributed by atoms with E-state index < -0.39 is 11.6 Å². The molecule has 0 saturated carbocycles. The molecule has 1 fully saturated rings. The molecule has 168 valence electrons. The number of benzene rings is 2. The first-order valence-electron chi connectivity index (χ1n) is 10.3. The number of hydrogen-bond acceptors (Lipinski definition) is 5. The van der Waals surface area contributed by atoms with Crippen molar-refractivity contribution in [2.45, 2.75) is 32.2 Å². The van der Waals surface area contributed by atoms with Crippen LogP contribution >= 0.6 is 22.9 Å². The minimum absolute atomic E-state index is 0.00379. The highest BCUT2D eigenvalue weighted by Gasteiger charge is 2.25. The minimum Gasteiger partial charge on any atom is -0.383 e. The van der Waals surface area contributed by atoms with E-state index in [2.05, 4.69) is 10.3 Å². The third-order valence-electron chi connectivity index (χ3n) is 5.64. The maximum absolute atomic E-state index is 14.0. The van der Waals surface area contributed by atoms with Crippen LogP contribution in [-0.4, -0.2) is 34.9 Å². The molecular formula is C23H23ClF2N4OS. The molecule has 3 N–H and O–H groups in total. The third-order valence-corrected chi connectivity index (χ3v) is 7.07. The van der Waals surface area contributed by atoms with E-state index in [1.807, 2.05) is 17.9 Å². The van der Waals surface area contributed by atoms with Gasteiger partial charge in [-0.2, -0.15) is 0 Å². The van der Waals surface area contributed by atoms with Gasteiger partial charge in [-0.3, -0.25) is 4.79 Å². The number of carbonyl (C=O) groups is 1. The van der Waals surface area contributed by atoms with Crippen molar-refractivity contribution in [3.63, 3.8) is 0 Å². The van der Waals surface area contributed by atoms with Gasteiger partial charge in [0.2, 0.25) is 0 Å². The number of nitrogens with one attached hydrogen (secondary N) is 1. The smallest absolute Gasteiger partial charge is 0.253 e. The summed E-state index contributed by atoms with van der Waals surface area (Å²) in [5.74, 6) is -0.928. The molecule has 1 aliphatic heterocycles. The van der Waals surface area contributed by atoms with Gasteiger partial charge in [-0.05, 0) is 55.7 Å². The van der Waals surface area contributed by atoms with Crippen LogP contribution in [0.25, 0.3) is 0 Å². The summed E-state index contributed by atoms with van der Waals surface area (Å²) >= 11 is 7.36. The zero-order valence-electron chi connectivity index (χ0n) is 17.5. The number of thiazole rings is 1. The van der Waals surface area contributed by atoms with Gasteiger partial charge in [0.05, 0.1) is 4.88 Å². The number of aromatic nitrogens is 1. The van der Waals surface area contributed by atoms with E-state index in [1.54, 1.807) is 12.1 Å². The molecule has 1 aliphatic rings. The largest absolute Gasteiger partial charge is 0.383 e. The molecule has 0 bridgehead atoms. The number of anilines is 2. The molecule has 1 amide bonds. The second kappa shape index (κ2) is 9.42. The van der Waals surface area contributed by atoms with E-state index in [1.165, 1.54) is 29.5 Å². The van der Waals surface area contributed by atoms with Crippen molar-refractivity contribution >= 4 is 39.8 Å². The Morgan fingerprint density at radius 2 is 1.94 bits per heavy atom. The first kappa shape index (κ1) is 22.5. The van der Waals surface area contributed by atoms with Crippen LogP contribution in [0.3, 0.4) is 0 Å². The Morgan fingerprint density at radius 3 is 2.59 bits per heavy atom. The molecule has 2 aromatic carbocycles. The highest BCUT2D eigenvalue weighted by atomic mass is 35.5. The zero-order valence-corrected chi connectivity index (χ0v) is 19.1. The molecule has 1 aromatic heterocycles. The van der Waals surface area contributed by atoms with Gasteiger partial charge in [0, 0.05) is 41.7 Å². The second-order valence-electron chi connectivity index (χ2n) is 7.88. The SMILES string of the molecule is Cc1cc(C(=O)N2CCC(Nc3nc(N)c(Cc4c(F)cccc4F)s3)CC2)ccc1Cl. The van der Waals surface area contributed by atoms with Gasteiger partial charge in [0.15, 0.2) is 5.13 Å². The minimum atomic E-state index is -0.597. The number of carbonyl (C=O) groups excluding carboxylic acids is 1. The molecule has 0 radical (unpaired) electrons. The normalized spacial score (nSPS) is 14.6. The molecular weight excluding hydrogens is 454 g/mol. The molecule has 1 saturated heterocycles. The third kappa shape index (κ3) is 4.86. The van der Waals surface area contributed by atoms with Crippen molar-refractivity contribution in [2.75, 3.05) is 24.1 Å². The van der Waals surface area contributed by atoms with Crippen LogP contribution in [-0.2, 0) is 6.42 Å². The fourth-order valence-corrected chi connectivity index (χ4v) is 4.86. The summed E-state index contributed by atoms with van der Waals surface area (Å²) in [6.07, 6.45) is 1.57. The lowest BCUT2D eigenvalue weighted by molar-refractivity contribution is 0.0718. The number of amides is 1. The summed E-state index contributed by atoms with van der Waals surface area (Å²) in [6, 6.07) is 9.24. The second-order valence-corrected chi connectivity index (χ2v) is 9.37. The van der Waals surface area contributed by atoms with Crippen molar-refractivity contribution in [1.82, 2.24) is 9.88 Å². The summed E-state index contributed by atoms with van der Waals surface area (Å²) < 4.78 is 27.9. The first-order valence-corrected chi connectivity index (χ1v) is 11.5. The summed E-state index contributed by atoms with van der Waals surface area (Å²) in [6.45, 7) is 3.11. The van der Waals surface area contributed by atoms with Gasteiger partial charge >= 0.3 is 0 Å². The number of rotatable bonds is 5. The van der Waals surface area contributed by atoms with Gasteiger partial charge < -0.3 is 16.0 Å². The highest BCUT2D eigenvalue weighted by molar-refractivity contribution is 7.16. The molecule has 0 aliphatic carbocycles. The summed E-state index contributed by atoms with van der Waals surface area (Å²) in [7, 11) is 0. The summed E-state index contributed by atoms with van der Waals surface area (Å²) in [5, 5.41) is 4.62. The first-order chi connectivity index (χ1) is 15.3. The monoisotopic (exact) mass is 476 g/mol. The topological polar surface area (TPSA) is 71.2 Å². The van der Waals surface area contributed by atoms with Crippen molar-refractivity contribution in [3.8, 4) is 0 Å². The molecule has 0 atom stereocenters. The van der Waals surface area contributed by atoms with E-state index in [9.17, 15) is 13.6 Å². The molecule has 32 heavy (non-hydrogen) atoms. The predicted molar refractivity (Wildman–Crippen MR) is 124 cm³/mol. The summed E-state index contributed by atoms with van der Waals surface area (Å²) in [4.78, 5) is 19.6. The Hall–Kier alpha value is -2.71. The Labute approximate surface area is 194 Å². The average Bonchev–Trinajstić information content (AvgIpc) is 3.11. The lowest BCUT2D eigenvalue weighted by atomic mass is 10.0. The van der Waals surface area contributed by atoms with E-state index in [4.69, 9.17) is 17.3 Å². The maximum atomic E-state index is 14.0. The molecule has 4 rings (SSSR count). The molecule has 0 unspecified atom stereocenters. The number of piperidine rings is 1. The molecule has 9 heteroatoms. The number of aryl methyl sites for hydroxylation is 1. The van der Waals surface area contributed by atoms with E-state index >= 15 is 0 Å². The lowest BCUT2D eigenvalue weighted by Gasteiger charge is -2.32. The van der Waals surface area contributed by atoms with Crippen LogP contribution < -0.4 is 11.1 Å². The van der Waals surface area contributed by atoms with Gasteiger partial charge in [-0.1, -0.05) is 29.0 Å². The Morgan fingerprint density at radius 1 is 1.25 bits per heavy atom. The van der Waals surface area contributed by atoms with E-state index in [0.29, 0.717) is 33.7 Å². The van der Waals surface area contributed by atoms with Gasteiger partial charge in [-0.25, -0.2) is 13.8 Å². The van der Waals surface area contributed by atoms with Crippen LogP contribution in [0, 0.1) is 18.6 Å². The molecule has 0 spiro atoms. The molecule has 3 aromatic rings. The quantitative estimate of drug-likeness (QED) is 0.526. The average molecular weight is 477 g/mol. The Balaban J connectivity index is 1.36. The number of hydrogen-bond donors (Lipinski definition) is 2. The Bertz CT molecular complexity index is 1120. The standard InChI is InChI=1S/C23H23ClF2N4OS/c1-13-11-14(5-6-17(13)24)22(31)30-9-7-15(8-10-30)28-23-29-21(27)20(32-23)12-16-18(25)3-2-4-19(16)26/h2-6,11,15H,7-10,12,27H2,1H3,(H,28,29). The summed E-state index contributed by atoms with van der Waals surface area (Å²) in [5.41, 5.74) is 7.49. The van der Waals surface area contributed by atoms with Crippen LogP contribution in [0.2, 0.25) is 5.02 Å². The fourth-order valence-electron chi connectivity index (χ4n) is 3.78. The fraction of sp³-hybridized carbons (Fsp3) is 0.304. The maximum Gasteiger partial charge on any atom is 0.253 e. The van der Waals surface area contributed by atoms with Crippen LogP contribution in [0.1, 0.15) is 39.2 Å². The number of nitrogens with two attached hydrogens (primary N) is 1. The number of halogens is 3. The number of nitrogen functional groups attached to an aromatic ring is 1. The van der Waals surface area contributed by atoms with Gasteiger partial charge in [0.1, 0.15) is 17.5 Å². The van der Waals surface area contributed by atoms with E-state index in [-0.39, 0.29) is 29.8 Å². The van der Waals surface area contributed by atoms with Crippen molar-refractivity contribution in [3.05, 3.63) is 74.6 Å². The lowest BCUT2D eigenvalue weighted by Crippen LogP contribution is -2.42. The van der Waals surface area contributed by atoms with Crippen LogP contribution in [0.15, 0.2) is 36.4 Å². The zero-order chi connectivity index (χ0) is 22.8. The highest BCUT2D eigenvalue weighted by Crippen LogP contribution is 2.30. The van der Waals surface area contributed by atoms with Crippen LogP contribution in [0.4, 0.5) is 19.7 Å². The number of nitrogens with zero attached hydrogens (tertiary/aromatic N) is 2. The Kier molecular flexibility index (Phi) is 6.62. The van der Waals surface area contributed by atoms with Crippen molar-refractivity contribution in [2.24, 2.45) is 0 Å². The van der Waals surface area contributed by atoms with Gasteiger partial charge in [0.25, 0.3) is 5.91 Å². The van der Waals surface area contributed by atoms with Crippen LogP contribution in [0.5, 0.6) is 0 Å². The number of likely N-dealkylation sites (tertiary alicyclic amines) is 1. The van der Waals surface area contributed by atoms with Crippen molar-refractivity contribution < 1.29 is 13.6 Å². The van der Waals surface area contributed by atoms with Crippen molar-refractivity contribution in [1.29, 1.82) is 0 Å². The van der Waals surface area contributed by atoms with Gasteiger partial charge in [-0.15, -0.1) is 0 Å². The molecule has 5 nitrogen and oxygen atoms in total. The van der Waals surface area contributed by atoms with E-state index in [0.717, 1.165) is 18.4 Å².